The van der Waals surface area contributed by atoms with Crippen LogP contribution in [0.2, 0.25) is 0 Å². The molecule has 0 heterocycles. The van der Waals surface area contributed by atoms with Gasteiger partial charge < -0.3 is 4.90 Å². The molecule has 0 saturated carbocycles. The fourth-order valence-corrected chi connectivity index (χ4v) is 1.55. The van der Waals surface area contributed by atoms with Crippen LogP contribution in [-0.2, 0) is 11.3 Å². The molecular weight excluding hydrogens is 253 g/mol. The van der Waals surface area contributed by atoms with E-state index in [2.05, 4.69) is 0 Å². The second-order valence-electron chi connectivity index (χ2n) is 4.47. The Kier molecular flexibility index (Phi) is 4.94. The van der Waals surface area contributed by atoms with Crippen LogP contribution in [0.3, 0.4) is 0 Å². The molecule has 0 spiro atoms. The number of benzene rings is 1. The zero-order valence-electron chi connectivity index (χ0n) is 11.1. The molecule has 0 unspecified atom stereocenters. The Balaban J connectivity index is 2.80. The molecule has 1 aromatic carbocycles. The lowest BCUT2D eigenvalue weighted by atomic mass is 10.1. The van der Waals surface area contributed by atoms with Gasteiger partial charge in [-0.25, -0.2) is 0 Å². The number of carbonyl (C=O) groups is 1. The highest BCUT2D eigenvalue weighted by atomic mass is 19.1. The number of likely N-dealkylation sites (N-methyl/N-ethyl adjacent to an activating group) is 2. The van der Waals surface area contributed by atoms with Gasteiger partial charge in [0.15, 0.2) is 0 Å². The summed E-state index contributed by atoms with van der Waals surface area (Å²) in [6.07, 6.45) is 0. The van der Waals surface area contributed by atoms with Crippen molar-refractivity contribution in [3.8, 4) is 0 Å². The van der Waals surface area contributed by atoms with E-state index in [0.717, 1.165) is 6.07 Å². The molecule has 19 heavy (non-hydrogen) atoms. The Morgan fingerprint density at radius 2 is 2.00 bits per heavy atom. The first-order valence-corrected chi connectivity index (χ1v) is 5.63. The molecule has 0 bridgehead atoms. The predicted octanol–water partition coefficient (Wildman–Crippen LogP) is 1.25. The second kappa shape index (κ2) is 6.24. The maximum atomic E-state index is 13.8. The molecule has 6 nitrogen and oxygen atoms in total. The molecule has 0 radical (unpaired) electrons. The smallest absolute Gasteiger partial charge is 0.305 e. The van der Waals surface area contributed by atoms with Gasteiger partial charge in [-0.3, -0.25) is 19.8 Å². The molecule has 1 rings (SSSR count). The Hall–Kier alpha value is -2.02. The lowest BCUT2D eigenvalue weighted by Crippen LogP contribution is -2.34. The first-order chi connectivity index (χ1) is 8.82. The van der Waals surface area contributed by atoms with Crippen LogP contribution in [0.5, 0.6) is 0 Å². The maximum absolute atomic E-state index is 13.8. The average molecular weight is 269 g/mol. The van der Waals surface area contributed by atoms with Gasteiger partial charge in [0.1, 0.15) is 0 Å². The van der Waals surface area contributed by atoms with Gasteiger partial charge >= 0.3 is 5.69 Å². The van der Waals surface area contributed by atoms with E-state index in [1.165, 1.54) is 17.0 Å². The third kappa shape index (κ3) is 3.99. The Morgan fingerprint density at radius 1 is 1.37 bits per heavy atom. The monoisotopic (exact) mass is 269 g/mol. The van der Waals surface area contributed by atoms with E-state index in [9.17, 15) is 19.3 Å². The standard InChI is InChI=1S/C12H16FN3O3/c1-14(2)11(17)8-15(3)7-9-5-4-6-10(12(9)13)16(18)19/h4-6H,7-8H2,1-3H3. The van der Waals surface area contributed by atoms with Crippen molar-refractivity contribution in [3.05, 3.63) is 39.7 Å². The van der Waals surface area contributed by atoms with E-state index < -0.39 is 16.4 Å². The normalized spacial score (nSPS) is 10.6. The van der Waals surface area contributed by atoms with Gasteiger partial charge in [-0.1, -0.05) is 12.1 Å². The highest BCUT2D eigenvalue weighted by Crippen LogP contribution is 2.20. The van der Waals surface area contributed by atoms with Crippen LogP contribution >= 0.6 is 0 Å². The minimum atomic E-state index is -0.850. The van der Waals surface area contributed by atoms with Crippen LogP contribution in [0.25, 0.3) is 0 Å². The lowest BCUT2D eigenvalue weighted by Gasteiger charge is -2.19. The molecule has 0 saturated heterocycles. The number of rotatable bonds is 5. The average Bonchev–Trinajstić information content (AvgIpc) is 2.31. The van der Waals surface area contributed by atoms with Crippen LogP contribution in [-0.4, -0.2) is 48.3 Å². The second-order valence-corrected chi connectivity index (χ2v) is 4.47. The summed E-state index contributed by atoms with van der Waals surface area (Å²) in [4.78, 5) is 24.4. The van der Waals surface area contributed by atoms with E-state index in [1.807, 2.05) is 0 Å². The first kappa shape index (κ1) is 15.0. The minimum absolute atomic E-state index is 0.117. The summed E-state index contributed by atoms with van der Waals surface area (Å²) >= 11 is 0. The van der Waals surface area contributed by atoms with Crippen molar-refractivity contribution in [1.29, 1.82) is 0 Å². The fraction of sp³-hybridized carbons (Fsp3) is 0.417. The summed E-state index contributed by atoms with van der Waals surface area (Å²) in [6.45, 7) is 0.252. The molecule has 0 fully saturated rings. The molecule has 0 aliphatic rings. The number of halogens is 1. The van der Waals surface area contributed by atoms with E-state index in [4.69, 9.17) is 0 Å². The summed E-state index contributed by atoms with van der Waals surface area (Å²) in [5.74, 6) is -0.968. The minimum Gasteiger partial charge on any atom is -0.348 e. The number of hydrogen-bond donors (Lipinski definition) is 0. The Morgan fingerprint density at radius 3 is 2.53 bits per heavy atom. The quantitative estimate of drug-likeness (QED) is 0.596. The van der Waals surface area contributed by atoms with E-state index >= 15 is 0 Å². The third-order valence-corrected chi connectivity index (χ3v) is 2.60. The number of nitro groups is 1. The van der Waals surface area contributed by atoms with Crippen molar-refractivity contribution < 1.29 is 14.1 Å². The van der Waals surface area contributed by atoms with Crippen molar-refractivity contribution in [1.82, 2.24) is 9.80 Å². The van der Waals surface area contributed by atoms with Gasteiger partial charge in [-0.05, 0) is 7.05 Å². The number of carbonyl (C=O) groups excluding carboxylic acids is 1. The molecule has 1 aromatic rings. The van der Waals surface area contributed by atoms with Crippen LogP contribution in [0.4, 0.5) is 10.1 Å². The van der Waals surface area contributed by atoms with Crippen LogP contribution in [0.15, 0.2) is 18.2 Å². The summed E-state index contributed by atoms with van der Waals surface area (Å²) in [5.41, 5.74) is -0.354. The zero-order chi connectivity index (χ0) is 14.6. The van der Waals surface area contributed by atoms with Crippen molar-refractivity contribution in [2.24, 2.45) is 0 Å². The number of amides is 1. The third-order valence-electron chi connectivity index (χ3n) is 2.60. The van der Waals surface area contributed by atoms with Crippen LogP contribution < -0.4 is 0 Å². The van der Waals surface area contributed by atoms with Crippen molar-refractivity contribution >= 4 is 11.6 Å². The molecule has 1 amide bonds. The predicted molar refractivity (Wildman–Crippen MR) is 68.1 cm³/mol. The fourth-order valence-electron chi connectivity index (χ4n) is 1.55. The Bertz CT molecular complexity index is 491. The van der Waals surface area contributed by atoms with Crippen molar-refractivity contribution in [3.63, 3.8) is 0 Å². The van der Waals surface area contributed by atoms with Crippen LogP contribution in [0, 0.1) is 15.9 Å². The lowest BCUT2D eigenvalue weighted by molar-refractivity contribution is -0.387. The highest BCUT2D eigenvalue weighted by molar-refractivity contribution is 5.77. The van der Waals surface area contributed by atoms with E-state index in [1.54, 1.807) is 26.0 Å². The molecule has 0 N–H and O–H groups in total. The molecule has 0 aromatic heterocycles. The molecule has 0 aliphatic heterocycles. The summed E-state index contributed by atoms with van der Waals surface area (Å²) in [5, 5.41) is 10.6. The highest BCUT2D eigenvalue weighted by Gasteiger charge is 2.18. The number of hydrogen-bond acceptors (Lipinski definition) is 4. The summed E-state index contributed by atoms with van der Waals surface area (Å²) in [7, 11) is 4.91. The molecule has 0 aliphatic carbocycles. The number of nitro benzene ring substituents is 1. The molecule has 0 atom stereocenters. The Labute approximate surface area is 110 Å². The first-order valence-electron chi connectivity index (χ1n) is 5.63. The van der Waals surface area contributed by atoms with Crippen LogP contribution in [0.1, 0.15) is 5.56 Å². The van der Waals surface area contributed by atoms with Crippen molar-refractivity contribution in [2.45, 2.75) is 6.54 Å². The molecule has 104 valence electrons. The van der Waals surface area contributed by atoms with E-state index in [0.29, 0.717) is 0 Å². The zero-order valence-corrected chi connectivity index (χ0v) is 11.1. The summed E-state index contributed by atoms with van der Waals surface area (Å²) < 4.78 is 13.8. The van der Waals surface area contributed by atoms with Gasteiger partial charge in [0, 0.05) is 32.3 Å². The topological polar surface area (TPSA) is 66.7 Å². The SMILES string of the molecule is CN(CC(=O)N(C)C)Cc1cccc([N+](=O)[O-])c1F. The van der Waals surface area contributed by atoms with Crippen molar-refractivity contribution in [2.75, 3.05) is 27.7 Å². The molecular formula is C12H16FN3O3. The van der Waals surface area contributed by atoms with Gasteiger partial charge in [0.2, 0.25) is 11.7 Å². The largest absolute Gasteiger partial charge is 0.348 e. The number of nitrogens with zero attached hydrogens (tertiary/aromatic N) is 3. The van der Waals surface area contributed by atoms with Gasteiger partial charge in [-0.15, -0.1) is 0 Å². The summed E-state index contributed by atoms with van der Waals surface area (Å²) in [6, 6.07) is 4.01. The van der Waals surface area contributed by atoms with E-state index in [-0.39, 0.29) is 24.6 Å². The van der Waals surface area contributed by atoms with Gasteiger partial charge in [0.25, 0.3) is 0 Å². The maximum Gasteiger partial charge on any atom is 0.305 e. The molecule has 7 heteroatoms. The van der Waals surface area contributed by atoms with Gasteiger partial charge in [0.05, 0.1) is 11.5 Å². The van der Waals surface area contributed by atoms with Gasteiger partial charge in [-0.2, -0.15) is 4.39 Å².